The lowest BCUT2D eigenvalue weighted by Crippen LogP contribution is -1.94. The maximum atomic E-state index is 2.47. The van der Waals surface area contributed by atoms with E-state index in [1.165, 1.54) is 101 Å². The zero-order valence-corrected chi connectivity index (χ0v) is 29.1. The molecule has 0 N–H and O–H groups in total. The maximum absolute atomic E-state index is 2.47. The van der Waals surface area contributed by atoms with Crippen molar-refractivity contribution in [2.45, 2.75) is 0 Å². The molecule has 0 amide bonds. The Hall–Kier alpha value is -6.00. The first-order valence-electron chi connectivity index (χ1n) is 17.3. The summed E-state index contributed by atoms with van der Waals surface area (Å²) in [6, 6.07) is 64.9. The second-order valence-electron chi connectivity index (χ2n) is 13.3. The fraction of sp³-hybridized carbons (Fsp3) is 0. The lowest BCUT2D eigenvalue weighted by molar-refractivity contribution is 1.19. The molecule has 51 heavy (non-hydrogen) atoms. The van der Waals surface area contributed by atoms with Crippen LogP contribution in [0.3, 0.4) is 0 Å². The van der Waals surface area contributed by atoms with Crippen LogP contribution in [-0.2, 0) is 0 Å². The molecule has 3 aromatic heterocycles. The van der Waals surface area contributed by atoms with Gasteiger partial charge >= 0.3 is 0 Å². The number of aromatic nitrogens is 1. The Labute approximate surface area is 302 Å². The molecule has 0 fully saturated rings. The lowest BCUT2D eigenvalue weighted by Gasteiger charge is -2.10. The fourth-order valence-electron chi connectivity index (χ4n) is 8.00. The molecule has 0 spiro atoms. The van der Waals surface area contributed by atoms with Crippen LogP contribution in [0.4, 0.5) is 0 Å². The quantitative estimate of drug-likeness (QED) is 0.174. The van der Waals surface area contributed by atoms with E-state index in [2.05, 4.69) is 180 Å². The van der Waals surface area contributed by atoms with Crippen LogP contribution in [0, 0.1) is 0 Å². The van der Waals surface area contributed by atoms with Crippen molar-refractivity contribution in [3.63, 3.8) is 0 Å². The summed E-state index contributed by atoms with van der Waals surface area (Å²) >= 11 is 3.76. The number of benzene rings is 8. The van der Waals surface area contributed by atoms with Crippen molar-refractivity contribution in [3.05, 3.63) is 176 Å². The molecule has 0 atom stereocenters. The molecule has 11 aromatic rings. The minimum Gasteiger partial charge on any atom is -0.309 e. The van der Waals surface area contributed by atoms with Crippen LogP contribution in [0.1, 0.15) is 0 Å². The summed E-state index contributed by atoms with van der Waals surface area (Å²) in [7, 11) is 0. The van der Waals surface area contributed by atoms with E-state index in [-0.39, 0.29) is 0 Å². The summed E-state index contributed by atoms with van der Waals surface area (Å²) in [6.45, 7) is 0. The van der Waals surface area contributed by atoms with Crippen molar-refractivity contribution in [1.82, 2.24) is 4.57 Å². The maximum Gasteiger partial charge on any atom is 0.0547 e. The highest BCUT2D eigenvalue weighted by atomic mass is 32.1. The van der Waals surface area contributed by atoms with Gasteiger partial charge in [-0.2, -0.15) is 0 Å². The number of hydrogen-bond acceptors (Lipinski definition) is 2. The van der Waals surface area contributed by atoms with E-state index in [1.54, 1.807) is 0 Å². The number of thiophene rings is 2. The van der Waals surface area contributed by atoms with Gasteiger partial charge in [-0.25, -0.2) is 0 Å². The molecular weight excluding hydrogens is 655 g/mol. The molecule has 0 aliphatic heterocycles. The lowest BCUT2D eigenvalue weighted by atomic mass is 9.98. The molecule has 0 bridgehead atoms. The Morgan fingerprint density at radius 2 is 0.902 bits per heavy atom. The van der Waals surface area contributed by atoms with Gasteiger partial charge in [-0.1, -0.05) is 127 Å². The highest BCUT2D eigenvalue weighted by Gasteiger charge is 2.17. The van der Waals surface area contributed by atoms with Gasteiger partial charge in [-0.05, 0) is 81.9 Å². The molecule has 1 nitrogen and oxygen atoms in total. The Morgan fingerprint density at radius 3 is 1.63 bits per heavy atom. The molecule has 3 heteroatoms. The molecule has 0 saturated heterocycles. The largest absolute Gasteiger partial charge is 0.309 e. The molecule has 11 rings (SSSR count). The first-order chi connectivity index (χ1) is 25.3. The van der Waals surface area contributed by atoms with Crippen molar-refractivity contribution in [3.8, 4) is 39.1 Å². The van der Waals surface area contributed by atoms with E-state index < -0.39 is 0 Å². The topological polar surface area (TPSA) is 4.93 Å². The summed E-state index contributed by atoms with van der Waals surface area (Å²) in [5, 5.41) is 7.84. The van der Waals surface area contributed by atoms with E-state index in [4.69, 9.17) is 0 Å². The molecule has 0 radical (unpaired) electrons. The van der Waals surface area contributed by atoms with Crippen LogP contribution < -0.4 is 0 Å². The predicted octanol–water partition coefficient (Wildman–Crippen LogP) is 14.5. The van der Waals surface area contributed by atoms with Gasteiger partial charge in [-0.3, -0.25) is 0 Å². The zero-order valence-electron chi connectivity index (χ0n) is 27.5. The fourth-order valence-corrected chi connectivity index (χ4v) is 10.3. The second kappa shape index (κ2) is 11.3. The first-order valence-corrected chi connectivity index (χ1v) is 19.0. The van der Waals surface area contributed by atoms with Gasteiger partial charge in [-0.15, -0.1) is 22.7 Å². The molecule has 0 unspecified atom stereocenters. The van der Waals surface area contributed by atoms with Crippen molar-refractivity contribution in [1.29, 1.82) is 0 Å². The Kier molecular flexibility index (Phi) is 6.36. The minimum atomic E-state index is 1.18. The molecule has 3 heterocycles. The van der Waals surface area contributed by atoms with Gasteiger partial charge in [0.25, 0.3) is 0 Å². The van der Waals surface area contributed by atoms with E-state index in [0.29, 0.717) is 0 Å². The van der Waals surface area contributed by atoms with Crippen molar-refractivity contribution in [2.75, 3.05) is 0 Å². The Bertz CT molecular complexity index is 3030. The van der Waals surface area contributed by atoms with Gasteiger partial charge in [0.05, 0.1) is 11.0 Å². The summed E-state index contributed by atoms with van der Waals surface area (Å²) in [5.41, 5.74) is 11.1. The highest BCUT2D eigenvalue weighted by Crippen LogP contribution is 2.44. The summed E-state index contributed by atoms with van der Waals surface area (Å²) in [4.78, 5) is 0. The van der Waals surface area contributed by atoms with E-state index >= 15 is 0 Å². The third kappa shape index (κ3) is 4.52. The van der Waals surface area contributed by atoms with Crippen molar-refractivity contribution < 1.29 is 0 Å². The summed E-state index contributed by atoms with van der Waals surface area (Å²) in [6.07, 6.45) is 0. The molecule has 238 valence electrons. The van der Waals surface area contributed by atoms with Crippen LogP contribution in [0.5, 0.6) is 0 Å². The third-order valence-electron chi connectivity index (χ3n) is 10.4. The summed E-state index contributed by atoms with van der Waals surface area (Å²) < 4.78 is 7.76. The number of hydrogen-bond donors (Lipinski definition) is 0. The van der Waals surface area contributed by atoms with Crippen molar-refractivity contribution >= 4 is 84.8 Å². The van der Waals surface area contributed by atoms with Crippen LogP contribution >= 0.6 is 22.7 Å². The van der Waals surface area contributed by atoms with E-state index in [9.17, 15) is 0 Å². The minimum absolute atomic E-state index is 1.18. The molecule has 8 aromatic carbocycles. The van der Waals surface area contributed by atoms with Gasteiger partial charge in [0.2, 0.25) is 0 Å². The zero-order chi connectivity index (χ0) is 33.5. The summed E-state index contributed by atoms with van der Waals surface area (Å²) in [5.74, 6) is 0. The van der Waals surface area contributed by atoms with Crippen LogP contribution in [-0.4, -0.2) is 4.57 Å². The van der Waals surface area contributed by atoms with Crippen molar-refractivity contribution in [2.24, 2.45) is 0 Å². The monoisotopic (exact) mass is 683 g/mol. The van der Waals surface area contributed by atoms with E-state index in [1.807, 2.05) is 22.7 Å². The average molecular weight is 684 g/mol. The molecule has 0 saturated carbocycles. The SMILES string of the molecule is c1ccc(-c2ccc3c4ccc(-c5ccccc5)cc4n(-c4ccc5c(c4)sc4ccc(-c6cccc7sc8ccccc8c67)cc45)c3c2)cc1. The molecule has 0 aliphatic carbocycles. The van der Waals surface area contributed by atoms with Gasteiger partial charge in [0, 0.05) is 56.8 Å². The van der Waals surface area contributed by atoms with Crippen LogP contribution in [0.25, 0.3) is 101 Å². The normalized spacial score (nSPS) is 11.9. The van der Waals surface area contributed by atoms with Gasteiger partial charge < -0.3 is 4.57 Å². The second-order valence-corrected chi connectivity index (χ2v) is 15.5. The number of fused-ring (bicyclic) bond motifs is 9. The van der Waals surface area contributed by atoms with Crippen LogP contribution in [0.2, 0.25) is 0 Å². The third-order valence-corrected chi connectivity index (χ3v) is 12.7. The standard InChI is InChI=1S/C48H29NS2/c1-3-10-30(11-4-1)32-18-22-37-38-23-19-33(31-12-5-2-6-13-31)28-43(38)49(42(37)27-32)35-21-24-39-41-26-34(20-25-45(41)51-47(39)29-35)36-15-9-17-46-48(36)40-14-7-8-16-44(40)50-46/h1-29H. The van der Waals surface area contributed by atoms with Gasteiger partial charge in [0.15, 0.2) is 0 Å². The van der Waals surface area contributed by atoms with Crippen LogP contribution in [0.15, 0.2) is 176 Å². The molecule has 0 aliphatic rings. The van der Waals surface area contributed by atoms with E-state index in [0.717, 1.165) is 0 Å². The molecular formula is C48H29NS2. The smallest absolute Gasteiger partial charge is 0.0547 e. The van der Waals surface area contributed by atoms with Gasteiger partial charge in [0.1, 0.15) is 0 Å². The Balaban J connectivity index is 1.12. The number of rotatable bonds is 4. The number of nitrogens with zero attached hydrogens (tertiary/aromatic N) is 1. The average Bonchev–Trinajstić information content (AvgIpc) is 3.86. The predicted molar refractivity (Wildman–Crippen MR) is 223 cm³/mol. The highest BCUT2D eigenvalue weighted by molar-refractivity contribution is 7.26. The Morgan fingerprint density at radius 1 is 0.314 bits per heavy atom. The first kappa shape index (κ1) is 28.8.